The van der Waals surface area contributed by atoms with Gasteiger partial charge in [-0.2, -0.15) is 0 Å². The quantitative estimate of drug-likeness (QED) is 0.646. The van der Waals surface area contributed by atoms with E-state index in [2.05, 4.69) is 10.2 Å². The number of esters is 1. The van der Waals surface area contributed by atoms with E-state index in [1.54, 1.807) is 31.2 Å². The summed E-state index contributed by atoms with van der Waals surface area (Å²) in [6.45, 7) is 2.26. The van der Waals surface area contributed by atoms with Gasteiger partial charge in [0.2, 0.25) is 5.89 Å². The first-order valence-corrected chi connectivity index (χ1v) is 7.54. The van der Waals surface area contributed by atoms with Crippen LogP contribution in [0.15, 0.2) is 59.0 Å². The first kappa shape index (κ1) is 15.7. The summed E-state index contributed by atoms with van der Waals surface area (Å²) in [7, 11) is 0. The molecule has 0 unspecified atom stereocenters. The molecule has 2 aromatic carbocycles. The Balaban J connectivity index is 1.60. The molecule has 3 rings (SSSR count). The molecule has 1 heterocycles. The summed E-state index contributed by atoms with van der Waals surface area (Å²) in [5.41, 5.74) is 1.34. The molecule has 0 saturated carbocycles. The second-order valence-electron chi connectivity index (χ2n) is 4.90. The molecule has 0 radical (unpaired) electrons. The summed E-state index contributed by atoms with van der Waals surface area (Å²) in [6, 6.07) is 16.2. The fourth-order valence-corrected chi connectivity index (χ4v) is 2.06. The second kappa shape index (κ2) is 7.41. The van der Waals surface area contributed by atoms with Crippen LogP contribution in [0.25, 0.3) is 11.5 Å². The van der Waals surface area contributed by atoms with Crippen molar-refractivity contribution in [3.63, 3.8) is 0 Å². The third-order valence-electron chi connectivity index (χ3n) is 3.22. The molecular formula is C18H16N2O4. The molecule has 0 aliphatic rings. The van der Waals surface area contributed by atoms with E-state index in [9.17, 15) is 4.79 Å². The maximum atomic E-state index is 11.6. The van der Waals surface area contributed by atoms with E-state index in [0.717, 1.165) is 5.56 Å². The maximum Gasteiger partial charge on any atom is 0.338 e. The molecule has 3 aromatic rings. The standard InChI is InChI=1S/C18H16N2O4/c1-2-22-18(21)14-8-10-15(11-9-14)23-12-16-19-20-17(24-16)13-6-4-3-5-7-13/h3-11H,2,12H2,1H3. The fraction of sp³-hybridized carbons (Fsp3) is 0.167. The van der Waals surface area contributed by atoms with Crippen molar-refractivity contribution in [2.45, 2.75) is 13.5 Å². The van der Waals surface area contributed by atoms with Crippen molar-refractivity contribution >= 4 is 5.97 Å². The molecule has 0 saturated heterocycles. The van der Waals surface area contributed by atoms with Gasteiger partial charge in [0.25, 0.3) is 5.89 Å². The van der Waals surface area contributed by atoms with E-state index >= 15 is 0 Å². The lowest BCUT2D eigenvalue weighted by molar-refractivity contribution is 0.0526. The number of carbonyl (C=O) groups is 1. The minimum atomic E-state index is -0.353. The van der Waals surface area contributed by atoms with Gasteiger partial charge in [0.15, 0.2) is 6.61 Å². The van der Waals surface area contributed by atoms with Crippen LogP contribution in [0.5, 0.6) is 5.75 Å². The van der Waals surface area contributed by atoms with E-state index in [-0.39, 0.29) is 12.6 Å². The number of benzene rings is 2. The lowest BCUT2D eigenvalue weighted by Crippen LogP contribution is -2.04. The van der Waals surface area contributed by atoms with Gasteiger partial charge in [-0.3, -0.25) is 0 Å². The van der Waals surface area contributed by atoms with Crippen LogP contribution in [0.1, 0.15) is 23.2 Å². The average Bonchev–Trinajstić information content (AvgIpc) is 3.10. The first-order chi connectivity index (χ1) is 11.8. The smallest absolute Gasteiger partial charge is 0.338 e. The maximum absolute atomic E-state index is 11.6. The minimum Gasteiger partial charge on any atom is -0.484 e. The first-order valence-electron chi connectivity index (χ1n) is 7.54. The number of ether oxygens (including phenoxy) is 2. The molecule has 0 atom stereocenters. The summed E-state index contributed by atoms with van der Waals surface area (Å²) >= 11 is 0. The van der Waals surface area contributed by atoms with Crippen LogP contribution in [-0.4, -0.2) is 22.8 Å². The topological polar surface area (TPSA) is 74.5 Å². The zero-order valence-corrected chi connectivity index (χ0v) is 13.1. The van der Waals surface area contributed by atoms with E-state index in [1.165, 1.54) is 0 Å². The molecule has 6 nitrogen and oxygen atoms in total. The number of hydrogen-bond donors (Lipinski definition) is 0. The van der Waals surface area contributed by atoms with Crippen molar-refractivity contribution in [3.05, 3.63) is 66.1 Å². The minimum absolute atomic E-state index is 0.151. The molecule has 0 aliphatic heterocycles. The molecule has 0 N–H and O–H groups in total. The van der Waals surface area contributed by atoms with E-state index in [0.29, 0.717) is 29.7 Å². The van der Waals surface area contributed by atoms with Crippen LogP contribution in [0, 0.1) is 0 Å². The molecule has 6 heteroatoms. The van der Waals surface area contributed by atoms with Crippen molar-refractivity contribution in [2.75, 3.05) is 6.61 Å². The predicted octanol–water partition coefficient (Wildman–Crippen LogP) is 3.49. The van der Waals surface area contributed by atoms with Crippen LogP contribution in [0.3, 0.4) is 0 Å². The third kappa shape index (κ3) is 3.78. The van der Waals surface area contributed by atoms with Gasteiger partial charge in [-0.05, 0) is 43.3 Å². The summed E-state index contributed by atoms with van der Waals surface area (Å²) in [5, 5.41) is 7.96. The molecule has 0 aliphatic carbocycles. The van der Waals surface area contributed by atoms with Crippen molar-refractivity contribution < 1.29 is 18.7 Å². The van der Waals surface area contributed by atoms with E-state index in [4.69, 9.17) is 13.9 Å². The van der Waals surface area contributed by atoms with Crippen molar-refractivity contribution in [1.82, 2.24) is 10.2 Å². The van der Waals surface area contributed by atoms with Crippen LogP contribution in [-0.2, 0) is 11.3 Å². The van der Waals surface area contributed by atoms with Gasteiger partial charge < -0.3 is 13.9 Å². The Labute approximate surface area is 139 Å². The Hall–Kier alpha value is -3.15. The summed E-state index contributed by atoms with van der Waals surface area (Å²) in [4.78, 5) is 11.6. The Morgan fingerprint density at radius 2 is 1.79 bits per heavy atom. The molecule has 0 spiro atoms. The lowest BCUT2D eigenvalue weighted by Gasteiger charge is -2.05. The van der Waals surface area contributed by atoms with Crippen molar-refractivity contribution in [3.8, 4) is 17.2 Å². The van der Waals surface area contributed by atoms with Crippen LogP contribution in [0.2, 0.25) is 0 Å². The highest BCUT2D eigenvalue weighted by Gasteiger charge is 2.09. The van der Waals surface area contributed by atoms with Crippen LogP contribution < -0.4 is 4.74 Å². The number of nitrogens with zero attached hydrogens (tertiary/aromatic N) is 2. The normalized spacial score (nSPS) is 10.4. The average molecular weight is 324 g/mol. The Morgan fingerprint density at radius 1 is 1.04 bits per heavy atom. The van der Waals surface area contributed by atoms with Gasteiger partial charge in [0, 0.05) is 5.56 Å². The molecule has 122 valence electrons. The zero-order valence-electron chi connectivity index (χ0n) is 13.1. The highest BCUT2D eigenvalue weighted by Crippen LogP contribution is 2.19. The fourth-order valence-electron chi connectivity index (χ4n) is 2.06. The molecular weight excluding hydrogens is 308 g/mol. The molecule has 1 aromatic heterocycles. The Bertz CT molecular complexity index is 797. The number of hydrogen-bond acceptors (Lipinski definition) is 6. The zero-order chi connectivity index (χ0) is 16.8. The molecule has 0 bridgehead atoms. The largest absolute Gasteiger partial charge is 0.484 e. The lowest BCUT2D eigenvalue weighted by atomic mass is 10.2. The Kier molecular flexibility index (Phi) is 4.86. The number of aromatic nitrogens is 2. The summed E-state index contributed by atoms with van der Waals surface area (Å²) < 4.78 is 16.1. The summed E-state index contributed by atoms with van der Waals surface area (Å²) in [6.07, 6.45) is 0. The van der Waals surface area contributed by atoms with Crippen molar-refractivity contribution in [2.24, 2.45) is 0 Å². The predicted molar refractivity (Wildman–Crippen MR) is 86.5 cm³/mol. The van der Waals surface area contributed by atoms with Crippen LogP contribution in [0.4, 0.5) is 0 Å². The van der Waals surface area contributed by atoms with E-state index < -0.39 is 0 Å². The summed E-state index contributed by atoms with van der Waals surface area (Å²) in [5.74, 6) is 1.08. The van der Waals surface area contributed by atoms with Crippen molar-refractivity contribution in [1.29, 1.82) is 0 Å². The van der Waals surface area contributed by atoms with Gasteiger partial charge in [-0.1, -0.05) is 18.2 Å². The molecule has 0 amide bonds. The van der Waals surface area contributed by atoms with E-state index in [1.807, 2.05) is 30.3 Å². The van der Waals surface area contributed by atoms with Gasteiger partial charge in [0.05, 0.1) is 12.2 Å². The number of carbonyl (C=O) groups excluding carboxylic acids is 1. The third-order valence-corrected chi connectivity index (χ3v) is 3.22. The highest BCUT2D eigenvalue weighted by molar-refractivity contribution is 5.89. The second-order valence-corrected chi connectivity index (χ2v) is 4.90. The molecule has 0 fully saturated rings. The van der Waals surface area contributed by atoms with Crippen LogP contribution >= 0.6 is 0 Å². The molecule has 24 heavy (non-hydrogen) atoms. The van der Waals surface area contributed by atoms with Gasteiger partial charge in [-0.25, -0.2) is 4.79 Å². The number of rotatable bonds is 6. The highest BCUT2D eigenvalue weighted by atomic mass is 16.5. The van der Waals surface area contributed by atoms with Gasteiger partial charge in [0.1, 0.15) is 5.75 Å². The SMILES string of the molecule is CCOC(=O)c1ccc(OCc2nnc(-c3ccccc3)o2)cc1. The van der Waals surface area contributed by atoms with Gasteiger partial charge in [-0.15, -0.1) is 10.2 Å². The Morgan fingerprint density at radius 3 is 2.50 bits per heavy atom. The monoisotopic (exact) mass is 324 g/mol. The van der Waals surface area contributed by atoms with Gasteiger partial charge >= 0.3 is 5.97 Å².